The summed E-state index contributed by atoms with van der Waals surface area (Å²) >= 11 is 0. The SMILES string of the molecule is O=C(NCC(F)(F)F)C1CCN(C(=O)c2ccc3nc[nH]c3c2)CC1. The Labute approximate surface area is 141 Å². The van der Waals surface area contributed by atoms with Crippen LogP contribution in [0.25, 0.3) is 11.0 Å². The fraction of sp³-hybridized carbons (Fsp3) is 0.438. The number of imidazole rings is 1. The summed E-state index contributed by atoms with van der Waals surface area (Å²) in [6, 6.07) is 5.15. The number of nitrogens with one attached hydrogen (secondary N) is 2. The van der Waals surface area contributed by atoms with E-state index >= 15 is 0 Å². The highest BCUT2D eigenvalue weighted by atomic mass is 19.4. The number of likely N-dealkylation sites (tertiary alicyclic amines) is 1. The number of benzene rings is 1. The van der Waals surface area contributed by atoms with Crippen molar-refractivity contribution in [3.05, 3.63) is 30.1 Å². The molecule has 1 aliphatic heterocycles. The molecule has 2 amide bonds. The molecular formula is C16H17F3N4O2. The Morgan fingerprint density at radius 1 is 1.28 bits per heavy atom. The van der Waals surface area contributed by atoms with E-state index in [1.165, 1.54) is 0 Å². The topological polar surface area (TPSA) is 78.1 Å². The number of carbonyl (C=O) groups is 2. The Morgan fingerprint density at radius 2 is 2.00 bits per heavy atom. The van der Waals surface area contributed by atoms with Crippen molar-refractivity contribution in [2.45, 2.75) is 19.0 Å². The van der Waals surface area contributed by atoms with E-state index in [0.717, 1.165) is 11.0 Å². The number of aromatic amines is 1. The van der Waals surface area contributed by atoms with Gasteiger partial charge in [0.05, 0.1) is 17.4 Å². The molecule has 2 aromatic rings. The largest absolute Gasteiger partial charge is 0.405 e. The Hall–Kier alpha value is -2.58. The fourth-order valence-corrected chi connectivity index (χ4v) is 2.93. The van der Waals surface area contributed by atoms with Crippen molar-refractivity contribution in [1.82, 2.24) is 20.2 Å². The third-order valence-corrected chi connectivity index (χ3v) is 4.28. The second-order valence-electron chi connectivity index (χ2n) is 6.03. The molecule has 134 valence electrons. The highest BCUT2D eigenvalue weighted by Gasteiger charge is 2.32. The van der Waals surface area contributed by atoms with Crippen molar-refractivity contribution in [2.75, 3.05) is 19.6 Å². The molecule has 1 aromatic heterocycles. The molecule has 0 radical (unpaired) electrons. The van der Waals surface area contributed by atoms with Crippen molar-refractivity contribution in [3.63, 3.8) is 0 Å². The van der Waals surface area contributed by atoms with Crippen molar-refractivity contribution in [1.29, 1.82) is 0 Å². The zero-order chi connectivity index (χ0) is 18.0. The van der Waals surface area contributed by atoms with E-state index in [0.29, 0.717) is 31.5 Å². The van der Waals surface area contributed by atoms with Gasteiger partial charge in [-0.15, -0.1) is 0 Å². The first-order valence-electron chi connectivity index (χ1n) is 7.90. The van der Waals surface area contributed by atoms with Crippen LogP contribution in [0.15, 0.2) is 24.5 Å². The maximum atomic E-state index is 12.5. The molecule has 3 rings (SSSR count). The predicted octanol–water partition coefficient (Wildman–Crippen LogP) is 2.09. The van der Waals surface area contributed by atoms with Crippen LogP contribution in [0.3, 0.4) is 0 Å². The van der Waals surface area contributed by atoms with Crippen molar-refractivity contribution in [2.24, 2.45) is 5.92 Å². The first kappa shape index (κ1) is 17.2. The number of alkyl halides is 3. The van der Waals surface area contributed by atoms with E-state index in [1.807, 2.05) is 5.32 Å². The molecule has 0 unspecified atom stereocenters. The number of nitrogens with zero attached hydrogens (tertiary/aromatic N) is 2. The second kappa shape index (κ2) is 6.73. The lowest BCUT2D eigenvalue weighted by molar-refractivity contribution is -0.141. The third-order valence-electron chi connectivity index (χ3n) is 4.28. The molecule has 0 atom stereocenters. The van der Waals surface area contributed by atoms with E-state index in [4.69, 9.17) is 0 Å². The van der Waals surface area contributed by atoms with Gasteiger partial charge in [0.25, 0.3) is 5.91 Å². The van der Waals surface area contributed by atoms with Crippen molar-refractivity contribution < 1.29 is 22.8 Å². The molecule has 1 saturated heterocycles. The lowest BCUT2D eigenvalue weighted by atomic mass is 9.95. The van der Waals surface area contributed by atoms with Crippen LogP contribution in [0.5, 0.6) is 0 Å². The predicted molar refractivity (Wildman–Crippen MR) is 83.8 cm³/mol. The van der Waals surface area contributed by atoms with E-state index in [9.17, 15) is 22.8 Å². The molecular weight excluding hydrogens is 337 g/mol. The van der Waals surface area contributed by atoms with Crippen LogP contribution >= 0.6 is 0 Å². The van der Waals surface area contributed by atoms with E-state index < -0.39 is 24.5 Å². The van der Waals surface area contributed by atoms with Gasteiger partial charge in [-0.2, -0.15) is 13.2 Å². The van der Waals surface area contributed by atoms with Gasteiger partial charge in [0.2, 0.25) is 5.91 Å². The summed E-state index contributed by atoms with van der Waals surface area (Å²) in [4.78, 5) is 33.0. The van der Waals surface area contributed by atoms with Gasteiger partial charge in [-0.05, 0) is 31.0 Å². The molecule has 2 heterocycles. The minimum Gasteiger partial charge on any atom is -0.347 e. The summed E-state index contributed by atoms with van der Waals surface area (Å²) in [5.74, 6) is -1.27. The van der Waals surface area contributed by atoms with E-state index in [1.54, 1.807) is 29.4 Å². The standard InChI is InChI=1S/C16H17F3N4O2/c17-16(18,19)8-20-14(24)10-3-5-23(6-4-10)15(25)11-1-2-12-13(7-11)22-9-21-12/h1-2,7,9-10H,3-6,8H2,(H,20,24)(H,21,22). The van der Waals surface area contributed by atoms with Gasteiger partial charge in [-0.25, -0.2) is 4.98 Å². The minimum atomic E-state index is -4.42. The zero-order valence-electron chi connectivity index (χ0n) is 13.3. The molecule has 1 aliphatic rings. The Kier molecular flexibility index (Phi) is 4.65. The molecule has 1 aromatic carbocycles. The Balaban J connectivity index is 1.56. The van der Waals surface area contributed by atoms with E-state index in [-0.39, 0.29) is 5.91 Å². The highest BCUT2D eigenvalue weighted by molar-refractivity contribution is 5.97. The van der Waals surface area contributed by atoms with Gasteiger partial charge in [-0.3, -0.25) is 9.59 Å². The number of H-pyrrole nitrogens is 1. The molecule has 0 bridgehead atoms. The molecule has 0 spiro atoms. The summed E-state index contributed by atoms with van der Waals surface area (Å²) in [7, 11) is 0. The normalized spacial score (nSPS) is 16.2. The summed E-state index contributed by atoms with van der Waals surface area (Å²) in [6.45, 7) is -0.650. The average Bonchev–Trinajstić information content (AvgIpc) is 3.06. The number of hydrogen-bond donors (Lipinski definition) is 2. The van der Waals surface area contributed by atoms with Gasteiger partial charge in [0.15, 0.2) is 0 Å². The molecule has 0 saturated carbocycles. The van der Waals surface area contributed by atoms with Crippen LogP contribution in [-0.4, -0.2) is 52.5 Å². The highest BCUT2D eigenvalue weighted by Crippen LogP contribution is 2.21. The fourth-order valence-electron chi connectivity index (χ4n) is 2.93. The first-order valence-corrected chi connectivity index (χ1v) is 7.90. The minimum absolute atomic E-state index is 0.161. The number of halogens is 3. The maximum Gasteiger partial charge on any atom is 0.405 e. The number of carbonyl (C=O) groups excluding carboxylic acids is 2. The van der Waals surface area contributed by atoms with Crippen LogP contribution in [0.1, 0.15) is 23.2 Å². The molecule has 1 fully saturated rings. The van der Waals surface area contributed by atoms with Crippen molar-refractivity contribution >= 4 is 22.8 Å². The maximum absolute atomic E-state index is 12.5. The quantitative estimate of drug-likeness (QED) is 0.886. The number of rotatable bonds is 3. The van der Waals surface area contributed by atoms with Gasteiger partial charge in [0.1, 0.15) is 6.54 Å². The Bertz CT molecular complexity index is 779. The summed E-state index contributed by atoms with van der Waals surface area (Å²) in [6.07, 6.45) is -2.18. The summed E-state index contributed by atoms with van der Waals surface area (Å²) < 4.78 is 36.5. The lowest BCUT2D eigenvalue weighted by Crippen LogP contribution is -2.44. The molecule has 0 aliphatic carbocycles. The summed E-state index contributed by atoms with van der Waals surface area (Å²) in [5, 5.41) is 1.91. The molecule has 9 heteroatoms. The zero-order valence-corrected chi connectivity index (χ0v) is 13.3. The van der Waals surface area contributed by atoms with Gasteiger partial charge in [0, 0.05) is 24.6 Å². The number of fused-ring (bicyclic) bond motifs is 1. The number of amides is 2. The Morgan fingerprint density at radius 3 is 2.68 bits per heavy atom. The monoisotopic (exact) mass is 354 g/mol. The molecule has 6 nitrogen and oxygen atoms in total. The van der Waals surface area contributed by atoms with Crippen molar-refractivity contribution in [3.8, 4) is 0 Å². The smallest absolute Gasteiger partial charge is 0.347 e. The van der Waals surface area contributed by atoms with Gasteiger partial charge >= 0.3 is 6.18 Å². The third kappa shape index (κ3) is 4.09. The molecule has 2 N–H and O–H groups in total. The number of hydrogen-bond acceptors (Lipinski definition) is 3. The van der Waals surface area contributed by atoms with Gasteiger partial charge in [-0.1, -0.05) is 0 Å². The molecule has 25 heavy (non-hydrogen) atoms. The van der Waals surface area contributed by atoms with Crippen LogP contribution in [0.4, 0.5) is 13.2 Å². The van der Waals surface area contributed by atoms with Gasteiger partial charge < -0.3 is 15.2 Å². The van der Waals surface area contributed by atoms with E-state index in [2.05, 4.69) is 9.97 Å². The average molecular weight is 354 g/mol. The van der Waals surface area contributed by atoms with Crippen LogP contribution < -0.4 is 5.32 Å². The lowest BCUT2D eigenvalue weighted by Gasteiger charge is -2.31. The number of piperidine rings is 1. The summed E-state index contributed by atoms with van der Waals surface area (Å²) in [5.41, 5.74) is 2.03. The number of aromatic nitrogens is 2. The first-order chi connectivity index (χ1) is 11.8. The van der Waals surface area contributed by atoms with Crippen LogP contribution in [0.2, 0.25) is 0 Å². The van der Waals surface area contributed by atoms with Crippen LogP contribution in [0, 0.1) is 5.92 Å². The van der Waals surface area contributed by atoms with Crippen LogP contribution in [-0.2, 0) is 4.79 Å². The second-order valence-corrected chi connectivity index (χ2v) is 6.03.